The second-order valence-corrected chi connectivity index (χ2v) is 7.36. The summed E-state index contributed by atoms with van der Waals surface area (Å²) in [6.45, 7) is 1.71. The van der Waals surface area contributed by atoms with E-state index in [0.717, 1.165) is 5.39 Å². The van der Waals surface area contributed by atoms with Gasteiger partial charge in [0.1, 0.15) is 11.6 Å². The number of carbonyl (C=O) groups is 2. The van der Waals surface area contributed by atoms with Gasteiger partial charge in [0.05, 0.1) is 11.3 Å². The van der Waals surface area contributed by atoms with Crippen LogP contribution in [-0.2, 0) is 0 Å². The van der Waals surface area contributed by atoms with Gasteiger partial charge >= 0.3 is 0 Å². The van der Waals surface area contributed by atoms with Crippen LogP contribution in [0.1, 0.15) is 33.2 Å². The smallest absolute Gasteiger partial charge is 0.275 e. The van der Waals surface area contributed by atoms with Crippen molar-refractivity contribution in [1.29, 1.82) is 0 Å². The number of nitrogens with one attached hydrogen (secondary N) is 2. The molecule has 0 saturated carbocycles. The van der Waals surface area contributed by atoms with E-state index in [4.69, 9.17) is 0 Å². The van der Waals surface area contributed by atoms with Gasteiger partial charge in [-0.2, -0.15) is 5.10 Å². The number of halogens is 1. The number of hydrogen-bond acceptors (Lipinski definition) is 4. The van der Waals surface area contributed by atoms with E-state index in [9.17, 15) is 19.1 Å². The molecule has 0 aliphatic heterocycles. The maximum Gasteiger partial charge on any atom is 0.275 e. The molecule has 164 valence electrons. The van der Waals surface area contributed by atoms with Crippen LogP contribution in [0.2, 0.25) is 0 Å². The third-order valence-electron chi connectivity index (χ3n) is 5.10. The molecular weight excluding hydrogens is 421 g/mol. The molecule has 4 aromatic rings. The summed E-state index contributed by atoms with van der Waals surface area (Å²) in [5.41, 5.74) is 4.66. The number of fused-ring (bicyclic) bond motifs is 1. The average molecular weight is 441 g/mol. The van der Waals surface area contributed by atoms with Crippen LogP contribution >= 0.6 is 0 Å². The van der Waals surface area contributed by atoms with E-state index in [1.807, 2.05) is 12.1 Å². The van der Waals surface area contributed by atoms with Crippen LogP contribution in [0, 0.1) is 5.82 Å². The predicted molar refractivity (Wildman–Crippen MR) is 126 cm³/mol. The molecule has 3 N–H and O–H groups in total. The molecule has 4 aromatic carbocycles. The van der Waals surface area contributed by atoms with Gasteiger partial charge in [-0.15, -0.1) is 0 Å². The predicted octanol–water partition coefficient (Wildman–Crippen LogP) is 5.09. The Morgan fingerprint density at radius 2 is 1.61 bits per heavy atom. The molecule has 0 aromatic heterocycles. The molecule has 2 amide bonds. The third-order valence-corrected chi connectivity index (χ3v) is 5.10. The lowest BCUT2D eigenvalue weighted by Gasteiger charge is -2.09. The summed E-state index contributed by atoms with van der Waals surface area (Å²) in [5, 5.41) is 18.6. The minimum atomic E-state index is -0.538. The molecule has 33 heavy (non-hydrogen) atoms. The standard InChI is InChI=1S/C26H20FN3O3/c1-16(29-30-26(33)24-22-8-3-2-5-17(22)11-14-23(24)31)19-6-4-7-21(15-19)28-25(32)18-9-12-20(27)13-10-18/h2-15,31H,1H3,(H,28,32)(H,30,33). The second kappa shape index (κ2) is 9.32. The third kappa shape index (κ3) is 4.88. The average Bonchev–Trinajstić information content (AvgIpc) is 2.82. The lowest BCUT2D eigenvalue weighted by Crippen LogP contribution is -2.20. The summed E-state index contributed by atoms with van der Waals surface area (Å²) in [6.07, 6.45) is 0. The van der Waals surface area contributed by atoms with Crippen LogP contribution in [0.15, 0.2) is 90.0 Å². The van der Waals surface area contributed by atoms with E-state index in [2.05, 4.69) is 15.8 Å². The van der Waals surface area contributed by atoms with E-state index in [1.54, 1.807) is 49.4 Å². The van der Waals surface area contributed by atoms with Gasteiger partial charge in [0.15, 0.2) is 0 Å². The second-order valence-electron chi connectivity index (χ2n) is 7.36. The van der Waals surface area contributed by atoms with Crippen molar-refractivity contribution in [3.8, 4) is 5.75 Å². The fourth-order valence-electron chi connectivity index (χ4n) is 3.38. The van der Waals surface area contributed by atoms with Gasteiger partial charge in [-0.3, -0.25) is 9.59 Å². The highest BCUT2D eigenvalue weighted by Gasteiger charge is 2.15. The van der Waals surface area contributed by atoms with E-state index < -0.39 is 11.7 Å². The Morgan fingerprint density at radius 3 is 2.39 bits per heavy atom. The summed E-state index contributed by atoms with van der Waals surface area (Å²) < 4.78 is 13.1. The zero-order chi connectivity index (χ0) is 23.4. The quantitative estimate of drug-likeness (QED) is 0.298. The van der Waals surface area contributed by atoms with Crippen LogP contribution in [0.4, 0.5) is 10.1 Å². The Kier molecular flexibility index (Phi) is 6.13. The van der Waals surface area contributed by atoms with Crippen molar-refractivity contribution in [2.24, 2.45) is 5.10 Å². The van der Waals surface area contributed by atoms with Crippen LogP contribution in [0.5, 0.6) is 5.75 Å². The molecule has 0 fully saturated rings. The molecule has 6 nitrogen and oxygen atoms in total. The van der Waals surface area contributed by atoms with E-state index >= 15 is 0 Å². The Bertz CT molecular complexity index is 1380. The normalized spacial score (nSPS) is 11.3. The molecule has 0 saturated heterocycles. The Hall–Kier alpha value is -4.52. The number of benzene rings is 4. The number of aromatic hydroxyl groups is 1. The highest BCUT2D eigenvalue weighted by atomic mass is 19.1. The summed E-state index contributed by atoms with van der Waals surface area (Å²) in [6, 6.07) is 22.7. The molecular formula is C26H20FN3O3. The molecule has 0 spiro atoms. The number of nitrogens with zero attached hydrogens (tertiary/aromatic N) is 1. The molecule has 0 radical (unpaired) electrons. The van der Waals surface area contributed by atoms with Crippen molar-refractivity contribution in [3.05, 3.63) is 107 Å². The highest BCUT2D eigenvalue weighted by molar-refractivity contribution is 6.10. The highest BCUT2D eigenvalue weighted by Crippen LogP contribution is 2.27. The topological polar surface area (TPSA) is 90.8 Å². The number of rotatable bonds is 5. The van der Waals surface area contributed by atoms with Crippen molar-refractivity contribution in [2.75, 3.05) is 5.32 Å². The molecule has 0 atom stereocenters. The van der Waals surface area contributed by atoms with E-state index in [1.165, 1.54) is 30.3 Å². The van der Waals surface area contributed by atoms with E-state index in [0.29, 0.717) is 27.9 Å². The maximum atomic E-state index is 13.1. The Balaban J connectivity index is 1.51. The zero-order valence-electron chi connectivity index (χ0n) is 17.7. The molecule has 0 heterocycles. The first-order valence-electron chi connectivity index (χ1n) is 10.1. The number of carbonyl (C=O) groups excluding carboxylic acids is 2. The first kappa shape index (κ1) is 21.7. The Morgan fingerprint density at radius 1 is 0.848 bits per heavy atom. The minimum Gasteiger partial charge on any atom is -0.507 e. The van der Waals surface area contributed by atoms with E-state index in [-0.39, 0.29) is 17.2 Å². The lowest BCUT2D eigenvalue weighted by molar-refractivity contribution is 0.0953. The fraction of sp³-hybridized carbons (Fsp3) is 0.0385. The molecule has 7 heteroatoms. The number of hydrazone groups is 1. The summed E-state index contributed by atoms with van der Waals surface area (Å²) in [7, 11) is 0. The number of phenolic OH excluding ortho intramolecular Hbond substituents is 1. The van der Waals surface area contributed by atoms with Gasteiger partial charge in [-0.25, -0.2) is 9.82 Å². The van der Waals surface area contributed by atoms with Crippen molar-refractivity contribution in [2.45, 2.75) is 6.92 Å². The zero-order valence-corrected chi connectivity index (χ0v) is 17.7. The minimum absolute atomic E-state index is 0.135. The van der Waals surface area contributed by atoms with Gasteiger partial charge in [0, 0.05) is 11.3 Å². The first-order chi connectivity index (χ1) is 15.9. The van der Waals surface area contributed by atoms with Crippen molar-refractivity contribution in [1.82, 2.24) is 5.43 Å². The summed E-state index contributed by atoms with van der Waals surface area (Å²) >= 11 is 0. The van der Waals surface area contributed by atoms with Crippen LogP contribution in [0.25, 0.3) is 10.8 Å². The van der Waals surface area contributed by atoms with Crippen molar-refractivity contribution in [3.63, 3.8) is 0 Å². The van der Waals surface area contributed by atoms with Gasteiger partial charge in [0.25, 0.3) is 11.8 Å². The number of hydrogen-bond donors (Lipinski definition) is 3. The van der Waals surface area contributed by atoms with Gasteiger partial charge in [-0.05, 0) is 65.7 Å². The number of anilines is 1. The van der Waals surface area contributed by atoms with Crippen LogP contribution in [-0.4, -0.2) is 22.6 Å². The fourth-order valence-corrected chi connectivity index (χ4v) is 3.38. The van der Waals surface area contributed by atoms with Crippen LogP contribution in [0.3, 0.4) is 0 Å². The monoisotopic (exact) mass is 441 g/mol. The maximum absolute atomic E-state index is 13.1. The SMILES string of the molecule is CC(=NNC(=O)c1c(O)ccc2ccccc12)c1cccc(NC(=O)c2ccc(F)cc2)c1. The molecule has 0 bridgehead atoms. The summed E-state index contributed by atoms with van der Waals surface area (Å²) in [4.78, 5) is 25.1. The Labute approximate surface area is 189 Å². The largest absolute Gasteiger partial charge is 0.507 e. The van der Waals surface area contributed by atoms with Gasteiger partial charge < -0.3 is 10.4 Å². The molecule has 0 unspecified atom stereocenters. The van der Waals surface area contributed by atoms with Crippen molar-refractivity contribution >= 4 is 34.0 Å². The molecule has 0 aliphatic carbocycles. The molecule has 0 aliphatic rings. The van der Waals surface area contributed by atoms with Crippen LogP contribution < -0.4 is 10.7 Å². The summed E-state index contributed by atoms with van der Waals surface area (Å²) in [5.74, 6) is -1.46. The lowest BCUT2D eigenvalue weighted by atomic mass is 10.0. The number of phenols is 1. The molecule has 4 rings (SSSR count). The van der Waals surface area contributed by atoms with Gasteiger partial charge in [0.2, 0.25) is 0 Å². The first-order valence-corrected chi connectivity index (χ1v) is 10.1. The number of amides is 2. The van der Waals surface area contributed by atoms with Gasteiger partial charge in [-0.1, -0.05) is 42.5 Å². The van der Waals surface area contributed by atoms with Crippen molar-refractivity contribution < 1.29 is 19.1 Å².